The van der Waals surface area contributed by atoms with Crippen LogP contribution < -0.4 is 15.4 Å². The van der Waals surface area contributed by atoms with Crippen molar-refractivity contribution in [2.75, 3.05) is 10.6 Å². The molecule has 0 aliphatic carbocycles. The standard InChI is InChI=1S/C19H13F2N3O4/c20-12-1-10-17(21)18(11-12)23-19(25)22-13-2-6-15(7-3-13)28-16-8-4-14(5-9-16)24(26)27/h1-11H,(H2,22,23,25). The fourth-order valence-corrected chi connectivity index (χ4v) is 2.26. The largest absolute Gasteiger partial charge is 0.457 e. The van der Waals surface area contributed by atoms with Crippen molar-refractivity contribution < 1.29 is 23.2 Å². The average Bonchev–Trinajstić information content (AvgIpc) is 2.67. The minimum absolute atomic E-state index is 0.0485. The SMILES string of the molecule is O=C(Nc1ccc(Oc2ccc([N+](=O)[O-])cc2)cc1)Nc1cc(F)ccc1F. The molecule has 3 aromatic rings. The smallest absolute Gasteiger partial charge is 0.323 e. The van der Waals surface area contributed by atoms with Crippen LogP contribution in [0.25, 0.3) is 0 Å². The normalized spacial score (nSPS) is 10.2. The summed E-state index contributed by atoms with van der Waals surface area (Å²) in [6.45, 7) is 0. The molecule has 0 saturated heterocycles. The quantitative estimate of drug-likeness (QED) is 0.460. The number of anilines is 2. The summed E-state index contributed by atoms with van der Waals surface area (Å²) in [5.74, 6) is -0.588. The number of nitro groups is 1. The van der Waals surface area contributed by atoms with Gasteiger partial charge >= 0.3 is 6.03 Å². The molecule has 0 saturated carbocycles. The van der Waals surface area contributed by atoms with Crippen molar-refractivity contribution >= 4 is 23.1 Å². The lowest BCUT2D eigenvalue weighted by Gasteiger charge is -2.10. The van der Waals surface area contributed by atoms with Crippen molar-refractivity contribution in [3.63, 3.8) is 0 Å². The van der Waals surface area contributed by atoms with Crippen LogP contribution >= 0.6 is 0 Å². The van der Waals surface area contributed by atoms with E-state index in [0.717, 1.165) is 18.2 Å². The summed E-state index contributed by atoms with van der Waals surface area (Å²) in [5, 5.41) is 15.3. The molecule has 0 bridgehead atoms. The molecule has 0 aliphatic heterocycles. The number of nitro benzene ring substituents is 1. The predicted molar refractivity (Wildman–Crippen MR) is 98.6 cm³/mol. The van der Waals surface area contributed by atoms with Crippen LogP contribution in [-0.2, 0) is 0 Å². The molecule has 9 heteroatoms. The number of nitrogens with one attached hydrogen (secondary N) is 2. The molecule has 0 atom stereocenters. The van der Waals surface area contributed by atoms with Crippen LogP contribution in [0.5, 0.6) is 11.5 Å². The van der Waals surface area contributed by atoms with E-state index in [1.165, 1.54) is 24.3 Å². The molecule has 0 unspecified atom stereocenters. The zero-order valence-corrected chi connectivity index (χ0v) is 14.2. The Kier molecular flexibility index (Phi) is 5.45. The summed E-state index contributed by atoms with van der Waals surface area (Å²) < 4.78 is 32.2. The van der Waals surface area contributed by atoms with Crippen LogP contribution in [0, 0.1) is 21.7 Å². The van der Waals surface area contributed by atoms with E-state index in [4.69, 9.17) is 4.74 Å². The van der Waals surface area contributed by atoms with Gasteiger partial charge in [0.2, 0.25) is 0 Å². The topological polar surface area (TPSA) is 93.5 Å². The second kappa shape index (κ2) is 8.12. The van der Waals surface area contributed by atoms with Crippen molar-refractivity contribution in [3.05, 3.63) is 88.5 Å². The van der Waals surface area contributed by atoms with Gasteiger partial charge in [-0.3, -0.25) is 10.1 Å². The van der Waals surface area contributed by atoms with Gasteiger partial charge in [0.1, 0.15) is 23.1 Å². The summed E-state index contributed by atoms with van der Waals surface area (Å²) in [7, 11) is 0. The summed E-state index contributed by atoms with van der Waals surface area (Å²) in [5.41, 5.74) is 0.0635. The Morgan fingerprint density at radius 1 is 0.893 bits per heavy atom. The minimum Gasteiger partial charge on any atom is -0.457 e. The first kappa shape index (κ1) is 18.8. The van der Waals surface area contributed by atoms with E-state index >= 15 is 0 Å². The number of hydrogen-bond donors (Lipinski definition) is 2. The number of halogens is 2. The Bertz CT molecular complexity index is 1010. The fraction of sp³-hybridized carbons (Fsp3) is 0. The molecule has 28 heavy (non-hydrogen) atoms. The summed E-state index contributed by atoms with van der Waals surface area (Å²) in [6, 6.07) is 13.8. The lowest BCUT2D eigenvalue weighted by molar-refractivity contribution is -0.384. The fourth-order valence-electron chi connectivity index (χ4n) is 2.26. The van der Waals surface area contributed by atoms with Gasteiger partial charge < -0.3 is 15.4 Å². The average molecular weight is 385 g/mol. The number of carbonyl (C=O) groups is 1. The molecule has 0 aromatic heterocycles. The monoisotopic (exact) mass is 385 g/mol. The second-order valence-electron chi connectivity index (χ2n) is 5.58. The van der Waals surface area contributed by atoms with Gasteiger partial charge in [-0.1, -0.05) is 0 Å². The maximum atomic E-state index is 13.5. The van der Waals surface area contributed by atoms with Gasteiger partial charge in [-0.05, 0) is 48.5 Å². The Balaban J connectivity index is 1.60. The highest BCUT2D eigenvalue weighted by Crippen LogP contribution is 2.25. The van der Waals surface area contributed by atoms with E-state index in [1.807, 2.05) is 0 Å². The molecule has 3 rings (SSSR count). The zero-order valence-electron chi connectivity index (χ0n) is 14.2. The van der Waals surface area contributed by atoms with Gasteiger partial charge in [-0.15, -0.1) is 0 Å². The summed E-state index contributed by atoms with van der Waals surface area (Å²) in [4.78, 5) is 22.0. The van der Waals surface area contributed by atoms with E-state index in [0.29, 0.717) is 17.2 Å². The molecule has 2 amide bonds. The Labute approximate surface area is 157 Å². The third-order valence-electron chi connectivity index (χ3n) is 3.57. The van der Waals surface area contributed by atoms with Crippen LogP contribution in [0.3, 0.4) is 0 Å². The molecule has 7 nitrogen and oxygen atoms in total. The molecule has 0 radical (unpaired) electrons. The highest BCUT2D eigenvalue weighted by Gasteiger charge is 2.09. The number of amides is 2. The van der Waals surface area contributed by atoms with Crippen molar-refractivity contribution in [1.29, 1.82) is 0 Å². The van der Waals surface area contributed by atoms with E-state index in [-0.39, 0.29) is 11.4 Å². The first-order valence-electron chi connectivity index (χ1n) is 7.96. The second-order valence-corrected chi connectivity index (χ2v) is 5.58. The Morgan fingerprint density at radius 2 is 1.50 bits per heavy atom. The van der Waals surface area contributed by atoms with E-state index in [1.54, 1.807) is 24.3 Å². The minimum atomic E-state index is -0.761. The van der Waals surface area contributed by atoms with Crippen LogP contribution in [0.4, 0.5) is 30.6 Å². The number of urea groups is 1. The van der Waals surface area contributed by atoms with Gasteiger partial charge in [0.25, 0.3) is 5.69 Å². The molecule has 2 N–H and O–H groups in total. The number of rotatable bonds is 5. The molecule has 142 valence electrons. The molecule has 0 spiro atoms. The summed E-state index contributed by atoms with van der Waals surface area (Å²) >= 11 is 0. The number of benzene rings is 3. The van der Waals surface area contributed by atoms with Gasteiger partial charge in [-0.2, -0.15) is 0 Å². The van der Waals surface area contributed by atoms with Crippen LogP contribution in [-0.4, -0.2) is 11.0 Å². The predicted octanol–water partition coefficient (Wildman–Crippen LogP) is 5.31. The molecular formula is C19H13F2N3O4. The van der Waals surface area contributed by atoms with E-state index in [2.05, 4.69) is 10.6 Å². The number of nitrogens with zero attached hydrogens (tertiary/aromatic N) is 1. The van der Waals surface area contributed by atoms with Crippen molar-refractivity contribution in [1.82, 2.24) is 0 Å². The molecule has 0 fully saturated rings. The lowest BCUT2D eigenvalue weighted by atomic mass is 10.3. The van der Waals surface area contributed by atoms with Gasteiger partial charge in [0.05, 0.1) is 10.6 Å². The zero-order chi connectivity index (χ0) is 20.1. The highest BCUT2D eigenvalue weighted by atomic mass is 19.1. The van der Waals surface area contributed by atoms with Crippen LogP contribution in [0.1, 0.15) is 0 Å². The molecule has 0 heterocycles. The van der Waals surface area contributed by atoms with E-state index < -0.39 is 22.6 Å². The van der Waals surface area contributed by atoms with Gasteiger partial charge in [0, 0.05) is 23.9 Å². The maximum absolute atomic E-state index is 13.5. The third kappa shape index (κ3) is 4.79. The van der Waals surface area contributed by atoms with Crippen molar-refractivity contribution in [3.8, 4) is 11.5 Å². The van der Waals surface area contributed by atoms with E-state index in [9.17, 15) is 23.7 Å². The van der Waals surface area contributed by atoms with Gasteiger partial charge in [-0.25, -0.2) is 13.6 Å². The van der Waals surface area contributed by atoms with Gasteiger partial charge in [0.15, 0.2) is 0 Å². The first-order chi connectivity index (χ1) is 13.4. The number of carbonyl (C=O) groups excluding carboxylic acids is 1. The number of ether oxygens (including phenoxy) is 1. The number of hydrogen-bond acceptors (Lipinski definition) is 4. The van der Waals surface area contributed by atoms with Crippen LogP contribution in [0.15, 0.2) is 66.7 Å². The summed E-state index contributed by atoms with van der Waals surface area (Å²) in [6.07, 6.45) is 0. The highest BCUT2D eigenvalue weighted by molar-refractivity contribution is 5.99. The number of non-ortho nitro benzene ring substituents is 1. The lowest BCUT2D eigenvalue weighted by Crippen LogP contribution is -2.20. The molecule has 3 aromatic carbocycles. The van der Waals surface area contributed by atoms with Crippen LogP contribution in [0.2, 0.25) is 0 Å². The molecule has 0 aliphatic rings. The van der Waals surface area contributed by atoms with Crippen molar-refractivity contribution in [2.24, 2.45) is 0 Å². The Hall–Kier alpha value is -4.01. The van der Waals surface area contributed by atoms with Crippen molar-refractivity contribution in [2.45, 2.75) is 0 Å². The Morgan fingerprint density at radius 3 is 2.11 bits per heavy atom. The molecular weight excluding hydrogens is 372 g/mol. The maximum Gasteiger partial charge on any atom is 0.323 e. The first-order valence-corrected chi connectivity index (χ1v) is 7.96. The third-order valence-corrected chi connectivity index (χ3v) is 3.57.